The van der Waals surface area contributed by atoms with Gasteiger partial charge in [-0.15, -0.1) is 0 Å². The molecule has 1 saturated heterocycles. The van der Waals surface area contributed by atoms with Crippen molar-refractivity contribution in [2.75, 3.05) is 6.54 Å². The molecule has 4 nitrogen and oxygen atoms in total. The van der Waals surface area contributed by atoms with Gasteiger partial charge in [-0.05, 0) is 44.4 Å². The van der Waals surface area contributed by atoms with Crippen molar-refractivity contribution in [3.8, 4) is 0 Å². The summed E-state index contributed by atoms with van der Waals surface area (Å²) in [5.41, 5.74) is -0.949. The summed E-state index contributed by atoms with van der Waals surface area (Å²) in [6, 6.07) is 4.61. The lowest BCUT2D eigenvalue weighted by molar-refractivity contribution is -0.150. The van der Waals surface area contributed by atoms with Gasteiger partial charge in [0.15, 0.2) is 0 Å². The third-order valence-corrected chi connectivity index (χ3v) is 4.32. The Labute approximate surface area is 127 Å². The maximum atomic E-state index is 12.6. The summed E-state index contributed by atoms with van der Waals surface area (Å²) in [6.07, 6.45) is 2.01. The molecular formula is C14H15Cl2NO3. The molecule has 0 aromatic heterocycles. The topological polar surface area (TPSA) is 57.6 Å². The van der Waals surface area contributed by atoms with Crippen LogP contribution in [0.2, 0.25) is 10.0 Å². The lowest BCUT2D eigenvalue weighted by Gasteiger charge is -2.41. The van der Waals surface area contributed by atoms with Crippen molar-refractivity contribution in [1.29, 1.82) is 0 Å². The maximum Gasteiger partial charge on any atom is 0.329 e. The van der Waals surface area contributed by atoms with Crippen LogP contribution in [0.4, 0.5) is 0 Å². The van der Waals surface area contributed by atoms with Crippen LogP contribution in [-0.2, 0) is 4.79 Å². The Morgan fingerprint density at radius 1 is 1.30 bits per heavy atom. The summed E-state index contributed by atoms with van der Waals surface area (Å²) >= 11 is 11.9. The fraction of sp³-hybridized carbons (Fsp3) is 0.429. The van der Waals surface area contributed by atoms with Gasteiger partial charge in [-0.2, -0.15) is 0 Å². The molecule has 1 amide bonds. The lowest BCUT2D eigenvalue weighted by Crippen LogP contribution is -2.57. The van der Waals surface area contributed by atoms with Gasteiger partial charge in [-0.25, -0.2) is 4.79 Å². The van der Waals surface area contributed by atoms with E-state index in [1.54, 1.807) is 19.1 Å². The van der Waals surface area contributed by atoms with Crippen molar-refractivity contribution in [3.63, 3.8) is 0 Å². The quantitative estimate of drug-likeness (QED) is 0.909. The van der Waals surface area contributed by atoms with Crippen LogP contribution in [0, 0.1) is 0 Å². The number of carbonyl (C=O) groups is 2. The predicted molar refractivity (Wildman–Crippen MR) is 77.4 cm³/mol. The molecule has 1 N–H and O–H groups in total. The molecule has 1 aliphatic heterocycles. The Morgan fingerprint density at radius 3 is 2.65 bits per heavy atom. The van der Waals surface area contributed by atoms with Gasteiger partial charge in [0, 0.05) is 11.6 Å². The summed E-state index contributed by atoms with van der Waals surface area (Å²) < 4.78 is 0. The number of piperidine rings is 1. The molecule has 1 fully saturated rings. The fourth-order valence-corrected chi connectivity index (χ4v) is 2.85. The number of carboxylic acids is 1. The molecule has 1 unspecified atom stereocenters. The number of carbonyl (C=O) groups excluding carboxylic acids is 1. The Balaban J connectivity index is 2.40. The van der Waals surface area contributed by atoms with E-state index in [0.29, 0.717) is 18.0 Å². The number of carboxylic acid groups (broad SMARTS) is 1. The van der Waals surface area contributed by atoms with Crippen molar-refractivity contribution in [2.24, 2.45) is 0 Å². The van der Waals surface area contributed by atoms with Crippen molar-refractivity contribution in [1.82, 2.24) is 4.90 Å². The number of nitrogens with zero attached hydrogens (tertiary/aromatic N) is 1. The summed E-state index contributed by atoms with van der Waals surface area (Å²) in [5, 5.41) is 10.1. The highest BCUT2D eigenvalue weighted by Crippen LogP contribution is 2.32. The Bertz CT molecular complexity index is 561. The first-order chi connectivity index (χ1) is 9.36. The van der Waals surface area contributed by atoms with Gasteiger partial charge in [-0.3, -0.25) is 4.79 Å². The van der Waals surface area contributed by atoms with Gasteiger partial charge in [-0.1, -0.05) is 23.2 Å². The minimum absolute atomic E-state index is 0.244. The molecule has 2 rings (SSSR count). The van der Waals surface area contributed by atoms with Crippen LogP contribution in [0.1, 0.15) is 36.5 Å². The van der Waals surface area contributed by atoms with Gasteiger partial charge >= 0.3 is 5.97 Å². The minimum atomic E-state index is -1.19. The first-order valence-electron chi connectivity index (χ1n) is 6.36. The molecular weight excluding hydrogens is 301 g/mol. The van der Waals surface area contributed by atoms with Crippen LogP contribution in [0.5, 0.6) is 0 Å². The molecule has 1 aromatic rings. The number of rotatable bonds is 2. The van der Waals surface area contributed by atoms with E-state index in [0.717, 1.165) is 12.8 Å². The summed E-state index contributed by atoms with van der Waals surface area (Å²) in [4.78, 5) is 25.5. The van der Waals surface area contributed by atoms with Crippen LogP contribution in [0.15, 0.2) is 18.2 Å². The van der Waals surface area contributed by atoms with Crippen LogP contribution < -0.4 is 0 Å². The van der Waals surface area contributed by atoms with Crippen molar-refractivity contribution < 1.29 is 14.7 Å². The molecule has 0 bridgehead atoms. The number of aliphatic carboxylic acids is 1. The van der Waals surface area contributed by atoms with Crippen LogP contribution in [-0.4, -0.2) is 34.0 Å². The average molecular weight is 316 g/mol. The highest BCUT2D eigenvalue weighted by atomic mass is 35.5. The van der Waals surface area contributed by atoms with Gasteiger partial charge in [0.25, 0.3) is 5.91 Å². The zero-order valence-electron chi connectivity index (χ0n) is 11.0. The highest BCUT2D eigenvalue weighted by Gasteiger charge is 2.44. The van der Waals surface area contributed by atoms with E-state index in [1.807, 2.05) is 0 Å². The molecule has 0 aliphatic carbocycles. The van der Waals surface area contributed by atoms with E-state index in [-0.39, 0.29) is 16.5 Å². The minimum Gasteiger partial charge on any atom is -0.480 e. The third-order valence-electron chi connectivity index (χ3n) is 3.76. The Morgan fingerprint density at radius 2 is 2.00 bits per heavy atom. The number of hydrogen-bond donors (Lipinski definition) is 1. The normalized spacial score (nSPS) is 22.6. The Kier molecular flexibility index (Phi) is 4.25. The maximum absolute atomic E-state index is 12.6. The molecule has 1 aromatic carbocycles. The lowest BCUT2D eigenvalue weighted by atomic mass is 9.88. The molecule has 0 saturated carbocycles. The molecule has 0 radical (unpaired) electrons. The largest absolute Gasteiger partial charge is 0.480 e. The number of hydrogen-bond acceptors (Lipinski definition) is 2. The van der Waals surface area contributed by atoms with Gasteiger partial charge < -0.3 is 10.0 Å². The first kappa shape index (κ1) is 15.1. The van der Waals surface area contributed by atoms with Crippen molar-refractivity contribution in [2.45, 2.75) is 31.7 Å². The van der Waals surface area contributed by atoms with Crippen LogP contribution >= 0.6 is 23.2 Å². The molecule has 1 heterocycles. The van der Waals surface area contributed by atoms with Crippen LogP contribution in [0.25, 0.3) is 0 Å². The van der Waals surface area contributed by atoms with Gasteiger partial charge in [0.2, 0.25) is 0 Å². The zero-order valence-corrected chi connectivity index (χ0v) is 12.5. The molecule has 0 spiro atoms. The monoisotopic (exact) mass is 315 g/mol. The number of halogens is 2. The fourth-order valence-electron chi connectivity index (χ4n) is 2.48. The smallest absolute Gasteiger partial charge is 0.329 e. The molecule has 108 valence electrons. The number of benzene rings is 1. The average Bonchev–Trinajstić information content (AvgIpc) is 2.41. The second-order valence-corrected chi connectivity index (χ2v) is 5.96. The third kappa shape index (κ3) is 2.63. The van der Waals surface area contributed by atoms with E-state index < -0.39 is 11.5 Å². The van der Waals surface area contributed by atoms with E-state index in [2.05, 4.69) is 0 Å². The van der Waals surface area contributed by atoms with Gasteiger partial charge in [0.1, 0.15) is 5.54 Å². The van der Waals surface area contributed by atoms with Crippen molar-refractivity contribution >= 4 is 35.1 Å². The molecule has 6 heteroatoms. The second kappa shape index (κ2) is 5.62. The zero-order chi connectivity index (χ0) is 14.9. The van der Waals surface area contributed by atoms with Crippen LogP contribution in [0.3, 0.4) is 0 Å². The molecule has 1 aliphatic rings. The number of likely N-dealkylation sites (tertiary alicyclic amines) is 1. The molecule has 20 heavy (non-hydrogen) atoms. The predicted octanol–water partition coefficient (Wildman–Crippen LogP) is 3.46. The highest BCUT2D eigenvalue weighted by molar-refractivity contribution is 6.35. The van der Waals surface area contributed by atoms with Gasteiger partial charge in [0.05, 0.1) is 10.6 Å². The van der Waals surface area contributed by atoms with E-state index in [9.17, 15) is 14.7 Å². The van der Waals surface area contributed by atoms with E-state index >= 15 is 0 Å². The summed E-state index contributed by atoms with van der Waals surface area (Å²) in [5.74, 6) is -1.38. The summed E-state index contributed by atoms with van der Waals surface area (Å²) in [6.45, 7) is 1.98. The summed E-state index contributed by atoms with van der Waals surface area (Å²) in [7, 11) is 0. The standard InChI is InChI=1S/C14H15Cl2NO3/c1-14(13(19)20)6-2-3-7-17(14)12(18)10-8-9(15)4-5-11(10)16/h4-5,8H,2-3,6-7H2,1H3,(H,19,20). The van der Waals surface area contributed by atoms with Crippen molar-refractivity contribution in [3.05, 3.63) is 33.8 Å². The van der Waals surface area contributed by atoms with E-state index in [1.165, 1.54) is 11.0 Å². The SMILES string of the molecule is CC1(C(=O)O)CCCCN1C(=O)c1cc(Cl)ccc1Cl. The second-order valence-electron chi connectivity index (χ2n) is 5.12. The van der Waals surface area contributed by atoms with E-state index in [4.69, 9.17) is 23.2 Å². The first-order valence-corrected chi connectivity index (χ1v) is 7.12. The Hall–Kier alpha value is -1.26. The molecule has 1 atom stereocenters. The number of amides is 1.